The zero-order valence-electron chi connectivity index (χ0n) is 13.9. The lowest BCUT2D eigenvalue weighted by Crippen LogP contribution is -2.12. The van der Waals surface area contributed by atoms with Crippen molar-refractivity contribution < 1.29 is 9.21 Å². The SMILES string of the molecule is CC1CC1c1ccc(CCC(=O)Nc2ccc(-n3cncn3)nc2)o1. The van der Waals surface area contributed by atoms with Crippen LogP contribution in [0.25, 0.3) is 5.82 Å². The molecule has 2 unspecified atom stereocenters. The van der Waals surface area contributed by atoms with E-state index in [-0.39, 0.29) is 5.91 Å². The van der Waals surface area contributed by atoms with Gasteiger partial charge in [-0.25, -0.2) is 14.6 Å². The normalized spacial score (nSPS) is 18.9. The second-order valence-corrected chi connectivity index (χ2v) is 6.42. The van der Waals surface area contributed by atoms with Crippen LogP contribution in [0.4, 0.5) is 5.69 Å². The Bertz CT molecular complexity index is 854. The summed E-state index contributed by atoms with van der Waals surface area (Å²) < 4.78 is 7.38. The van der Waals surface area contributed by atoms with E-state index in [1.165, 1.54) is 12.7 Å². The molecule has 25 heavy (non-hydrogen) atoms. The van der Waals surface area contributed by atoms with Gasteiger partial charge in [0, 0.05) is 18.8 Å². The maximum Gasteiger partial charge on any atom is 0.224 e. The molecule has 0 bridgehead atoms. The number of rotatable bonds is 6. The second kappa shape index (κ2) is 6.51. The number of pyridine rings is 1. The molecule has 1 fully saturated rings. The number of aryl methyl sites for hydroxylation is 1. The van der Waals surface area contributed by atoms with Gasteiger partial charge in [0.1, 0.15) is 24.2 Å². The highest BCUT2D eigenvalue weighted by atomic mass is 16.3. The number of amides is 1. The zero-order chi connectivity index (χ0) is 17.2. The maximum absolute atomic E-state index is 12.1. The first-order chi connectivity index (χ1) is 12.2. The van der Waals surface area contributed by atoms with Gasteiger partial charge in [-0.05, 0) is 36.6 Å². The molecule has 1 aliphatic rings. The minimum atomic E-state index is -0.0620. The van der Waals surface area contributed by atoms with Crippen LogP contribution in [-0.4, -0.2) is 25.7 Å². The summed E-state index contributed by atoms with van der Waals surface area (Å²) in [6, 6.07) is 7.58. The van der Waals surface area contributed by atoms with Gasteiger partial charge in [-0.1, -0.05) is 6.92 Å². The number of nitrogens with one attached hydrogen (secondary N) is 1. The van der Waals surface area contributed by atoms with E-state index in [0.717, 1.165) is 17.4 Å². The van der Waals surface area contributed by atoms with Crippen molar-refractivity contribution in [2.24, 2.45) is 5.92 Å². The van der Waals surface area contributed by atoms with Crippen LogP contribution in [0.3, 0.4) is 0 Å². The standard InChI is InChI=1S/C18H19N5O2/c1-12-8-15(12)16-5-3-14(25-16)4-7-18(24)22-13-2-6-17(20-9-13)23-11-19-10-21-23/h2-3,5-6,9-12,15H,4,7-8H2,1H3,(H,22,24). The lowest BCUT2D eigenvalue weighted by Gasteiger charge is -2.05. The molecule has 0 aromatic carbocycles. The first-order valence-electron chi connectivity index (χ1n) is 8.38. The Hall–Kier alpha value is -2.96. The quantitative estimate of drug-likeness (QED) is 0.747. The van der Waals surface area contributed by atoms with Crippen molar-refractivity contribution in [1.29, 1.82) is 0 Å². The molecule has 0 aliphatic heterocycles. The average molecular weight is 337 g/mol. The third kappa shape index (κ3) is 3.60. The summed E-state index contributed by atoms with van der Waals surface area (Å²) in [5, 5.41) is 6.85. The van der Waals surface area contributed by atoms with Gasteiger partial charge in [0.25, 0.3) is 0 Å². The van der Waals surface area contributed by atoms with Crippen molar-refractivity contribution >= 4 is 11.6 Å². The van der Waals surface area contributed by atoms with Gasteiger partial charge in [0.05, 0.1) is 11.9 Å². The molecule has 1 saturated carbocycles. The number of furan rings is 1. The topological polar surface area (TPSA) is 85.8 Å². The highest BCUT2D eigenvalue weighted by Gasteiger charge is 2.36. The van der Waals surface area contributed by atoms with Gasteiger partial charge in [-0.2, -0.15) is 5.10 Å². The van der Waals surface area contributed by atoms with Crippen LogP contribution in [-0.2, 0) is 11.2 Å². The van der Waals surface area contributed by atoms with Crippen LogP contribution < -0.4 is 5.32 Å². The minimum Gasteiger partial charge on any atom is -0.466 e. The van der Waals surface area contributed by atoms with Gasteiger partial charge in [0.2, 0.25) is 5.91 Å². The number of nitrogens with zero attached hydrogens (tertiary/aromatic N) is 4. The van der Waals surface area contributed by atoms with E-state index < -0.39 is 0 Å². The summed E-state index contributed by atoms with van der Waals surface area (Å²) in [6.07, 6.45) is 6.79. The van der Waals surface area contributed by atoms with Crippen LogP contribution in [0.5, 0.6) is 0 Å². The molecule has 1 amide bonds. The molecule has 7 heteroatoms. The first-order valence-corrected chi connectivity index (χ1v) is 8.38. The van der Waals surface area contributed by atoms with Crippen molar-refractivity contribution in [3.05, 3.63) is 54.6 Å². The number of carbonyl (C=O) groups excluding carboxylic acids is 1. The lowest BCUT2D eigenvalue weighted by atomic mass is 10.2. The molecule has 1 N–H and O–H groups in total. The predicted molar refractivity (Wildman–Crippen MR) is 91.3 cm³/mol. The molecule has 0 saturated heterocycles. The number of carbonyl (C=O) groups is 1. The first kappa shape index (κ1) is 15.6. The smallest absolute Gasteiger partial charge is 0.224 e. The Labute approximate surface area is 145 Å². The molecule has 0 radical (unpaired) electrons. The van der Waals surface area contributed by atoms with Crippen molar-refractivity contribution in [1.82, 2.24) is 19.7 Å². The fraction of sp³-hybridized carbons (Fsp3) is 0.333. The number of aromatic nitrogens is 4. The van der Waals surface area contributed by atoms with Crippen molar-refractivity contribution in [3.8, 4) is 5.82 Å². The lowest BCUT2D eigenvalue weighted by molar-refractivity contribution is -0.116. The van der Waals surface area contributed by atoms with Gasteiger partial charge >= 0.3 is 0 Å². The van der Waals surface area contributed by atoms with Gasteiger partial charge in [-0.3, -0.25) is 4.79 Å². The Kier molecular flexibility index (Phi) is 4.05. The summed E-state index contributed by atoms with van der Waals surface area (Å²) in [5.41, 5.74) is 0.654. The molecule has 7 nitrogen and oxygen atoms in total. The van der Waals surface area contributed by atoms with E-state index in [2.05, 4.69) is 27.3 Å². The van der Waals surface area contributed by atoms with Gasteiger partial charge in [-0.15, -0.1) is 0 Å². The van der Waals surface area contributed by atoms with E-state index in [1.54, 1.807) is 29.3 Å². The largest absolute Gasteiger partial charge is 0.466 e. The Morgan fingerprint density at radius 3 is 2.92 bits per heavy atom. The van der Waals surface area contributed by atoms with Crippen LogP contribution in [0, 0.1) is 5.92 Å². The molecule has 3 heterocycles. The molecule has 128 valence electrons. The number of hydrogen-bond acceptors (Lipinski definition) is 5. The van der Waals surface area contributed by atoms with E-state index in [1.807, 2.05) is 12.1 Å². The fourth-order valence-corrected chi connectivity index (χ4v) is 2.83. The van der Waals surface area contributed by atoms with E-state index in [9.17, 15) is 4.79 Å². The van der Waals surface area contributed by atoms with Crippen LogP contribution in [0.1, 0.15) is 37.2 Å². The van der Waals surface area contributed by atoms with Gasteiger partial charge < -0.3 is 9.73 Å². The van der Waals surface area contributed by atoms with E-state index in [0.29, 0.717) is 30.3 Å². The summed E-state index contributed by atoms with van der Waals surface area (Å²) >= 11 is 0. The summed E-state index contributed by atoms with van der Waals surface area (Å²) in [6.45, 7) is 2.22. The Balaban J connectivity index is 1.29. The van der Waals surface area contributed by atoms with Crippen molar-refractivity contribution in [3.63, 3.8) is 0 Å². The van der Waals surface area contributed by atoms with E-state index in [4.69, 9.17) is 4.42 Å². The Morgan fingerprint density at radius 1 is 1.36 bits per heavy atom. The molecule has 0 spiro atoms. The second-order valence-electron chi connectivity index (χ2n) is 6.42. The van der Waals surface area contributed by atoms with Gasteiger partial charge in [0.15, 0.2) is 5.82 Å². The third-order valence-electron chi connectivity index (χ3n) is 4.44. The molecule has 2 atom stereocenters. The Morgan fingerprint density at radius 2 is 2.24 bits per heavy atom. The highest BCUT2D eigenvalue weighted by molar-refractivity contribution is 5.90. The monoisotopic (exact) mass is 337 g/mol. The third-order valence-corrected chi connectivity index (χ3v) is 4.44. The van der Waals surface area contributed by atoms with Crippen molar-refractivity contribution in [2.45, 2.75) is 32.1 Å². The van der Waals surface area contributed by atoms with Crippen LogP contribution >= 0.6 is 0 Å². The summed E-state index contributed by atoms with van der Waals surface area (Å²) in [4.78, 5) is 20.2. The van der Waals surface area contributed by atoms with Crippen LogP contribution in [0.15, 0.2) is 47.5 Å². The number of hydrogen-bond donors (Lipinski definition) is 1. The fourth-order valence-electron chi connectivity index (χ4n) is 2.83. The molecule has 3 aromatic heterocycles. The minimum absolute atomic E-state index is 0.0620. The predicted octanol–water partition coefficient (Wildman–Crippen LogP) is 2.95. The average Bonchev–Trinajstić information content (AvgIpc) is 3.06. The zero-order valence-corrected chi connectivity index (χ0v) is 13.9. The summed E-state index contributed by atoms with van der Waals surface area (Å²) in [7, 11) is 0. The molecular formula is C18H19N5O2. The summed E-state index contributed by atoms with van der Waals surface area (Å²) in [5.74, 6) is 3.79. The highest BCUT2D eigenvalue weighted by Crippen LogP contribution is 2.47. The molecular weight excluding hydrogens is 318 g/mol. The maximum atomic E-state index is 12.1. The van der Waals surface area contributed by atoms with Crippen molar-refractivity contribution in [2.75, 3.05) is 5.32 Å². The van der Waals surface area contributed by atoms with E-state index >= 15 is 0 Å². The molecule has 4 rings (SSSR count). The van der Waals surface area contributed by atoms with Crippen LogP contribution in [0.2, 0.25) is 0 Å². The molecule has 1 aliphatic carbocycles. The molecule has 3 aromatic rings. The number of anilines is 1.